The van der Waals surface area contributed by atoms with Crippen LogP contribution in [0, 0.1) is 12.8 Å². The van der Waals surface area contributed by atoms with Gasteiger partial charge in [0.05, 0.1) is 30.6 Å². The molecule has 9 nitrogen and oxygen atoms in total. The minimum absolute atomic E-state index is 0.0629. The number of rotatable bonds is 5. The summed E-state index contributed by atoms with van der Waals surface area (Å²) in [6, 6.07) is 8.94. The predicted molar refractivity (Wildman–Crippen MR) is 89.7 cm³/mol. The molecular formula is C17H18N6O3. The van der Waals surface area contributed by atoms with Gasteiger partial charge in [0.15, 0.2) is 0 Å². The summed E-state index contributed by atoms with van der Waals surface area (Å²) in [4.78, 5) is 12.6. The molecule has 9 heteroatoms. The molecule has 26 heavy (non-hydrogen) atoms. The number of aromatic nitrogens is 5. The lowest BCUT2D eigenvalue weighted by Crippen LogP contribution is -2.40. The van der Waals surface area contributed by atoms with Crippen LogP contribution in [0.15, 0.2) is 41.2 Å². The normalized spacial score (nSPS) is 19.6. The SMILES string of the molecule is Cc1cc(C[C@@H]2COC[C@@H]2NC(=O)c2ccc(-n3cnnn3)cc2)on1. The minimum atomic E-state index is -0.137. The van der Waals surface area contributed by atoms with Gasteiger partial charge in [-0.25, -0.2) is 4.68 Å². The third-order valence-corrected chi connectivity index (χ3v) is 4.40. The molecule has 1 fully saturated rings. The number of amides is 1. The van der Waals surface area contributed by atoms with Crippen molar-refractivity contribution in [1.82, 2.24) is 30.7 Å². The first kappa shape index (κ1) is 16.4. The molecule has 1 aliphatic rings. The van der Waals surface area contributed by atoms with E-state index in [4.69, 9.17) is 9.26 Å². The van der Waals surface area contributed by atoms with E-state index >= 15 is 0 Å². The van der Waals surface area contributed by atoms with Crippen LogP contribution in [-0.2, 0) is 11.2 Å². The standard InChI is InChI=1S/C17H18N6O3/c1-11-6-15(26-20-11)7-13-8-25-9-16(13)19-17(24)12-2-4-14(5-3-12)23-10-18-21-22-23/h2-6,10,13,16H,7-9H2,1H3,(H,19,24)/t13-,16+/m1/s1. The molecule has 134 valence electrons. The van der Waals surface area contributed by atoms with Gasteiger partial charge in [-0.15, -0.1) is 5.10 Å². The zero-order chi connectivity index (χ0) is 17.9. The molecule has 0 unspecified atom stereocenters. The van der Waals surface area contributed by atoms with Crippen LogP contribution in [0.2, 0.25) is 0 Å². The smallest absolute Gasteiger partial charge is 0.251 e. The van der Waals surface area contributed by atoms with Crippen molar-refractivity contribution in [1.29, 1.82) is 0 Å². The number of carbonyl (C=O) groups excluding carboxylic acids is 1. The van der Waals surface area contributed by atoms with E-state index in [9.17, 15) is 4.79 Å². The number of hydrogen-bond acceptors (Lipinski definition) is 7. The minimum Gasteiger partial charge on any atom is -0.379 e. The Bertz CT molecular complexity index is 874. The van der Waals surface area contributed by atoms with Crippen LogP contribution in [0.3, 0.4) is 0 Å². The molecule has 3 heterocycles. The fraction of sp³-hybridized carbons (Fsp3) is 0.353. The summed E-state index contributed by atoms with van der Waals surface area (Å²) in [5.74, 6) is 0.831. The molecule has 2 aromatic heterocycles. The average molecular weight is 354 g/mol. The van der Waals surface area contributed by atoms with Crippen LogP contribution in [0.5, 0.6) is 0 Å². The Morgan fingerprint density at radius 3 is 2.85 bits per heavy atom. The van der Waals surface area contributed by atoms with Crippen LogP contribution < -0.4 is 5.32 Å². The maximum Gasteiger partial charge on any atom is 0.251 e. The maximum atomic E-state index is 12.6. The first-order valence-corrected chi connectivity index (χ1v) is 8.33. The quantitative estimate of drug-likeness (QED) is 0.726. The van der Waals surface area contributed by atoms with Crippen molar-refractivity contribution in [3.05, 3.63) is 53.7 Å². The van der Waals surface area contributed by atoms with Gasteiger partial charge in [-0.1, -0.05) is 5.16 Å². The highest BCUT2D eigenvalue weighted by Crippen LogP contribution is 2.20. The average Bonchev–Trinajstić information content (AvgIpc) is 3.39. The van der Waals surface area contributed by atoms with Gasteiger partial charge in [0.25, 0.3) is 5.91 Å². The highest BCUT2D eigenvalue weighted by molar-refractivity contribution is 5.94. The van der Waals surface area contributed by atoms with E-state index in [0.717, 1.165) is 17.1 Å². The molecule has 1 amide bonds. The Hall–Kier alpha value is -3.07. The molecule has 1 N–H and O–H groups in total. The third-order valence-electron chi connectivity index (χ3n) is 4.40. The summed E-state index contributed by atoms with van der Waals surface area (Å²) < 4.78 is 12.4. The van der Waals surface area contributed by atoms with Crippen molar-refractivity contribution in [3.8, 4) is 5.69 Å². The molecule has 0 spiro atoms. The van der Waals surface area contributed by atoms with Gasteiger partial charge in [0, 0.05) is 24.0 Å². The summed E-state index contributed by atoms with van der Waals surface area (Å²) in [5, 5.41) is 18.0. The summed E-state index contributed by atoms with van der Waals surface area (Å²) in [6.07, 6.45) is 2.19. The highest BCUT2D eigenvalue weighted by Gasteiger charge is 2.31. The zero-order valence-corrected chi connectivity index (χ0v) is 14.2. The van der Waals surface area contributed by atoms with Crippen molar-refractivity contribution in [2.24, 2.45) is 5.92 Å². The fourth-order valence-electron chi connectivity index (χ4n) is 3.03. The topological polar surface area (TPSA) is 108 Å². The number of ether oxygens (including phenoxy) is 1. The Morgan fingerprint density at radius 1 is 1.31 bits per heavy atom. The van der Waals surface area contributed by atoms with E-state index in [1.807, 2.05) is 13.0 Å². The first-order chi connectivity index (χ1) is 12.7. The van der Waals surface area contributed by atoms with E-state index in [1.54, 1.807) is 24.3 Å². The van der Waals surface area contributed by atoms with Crippen molar-refractivity contribution < 1.29 is 14.1 Å². The molecule has 1 aliphatic heterocycles. The molecule has 0 bridgehead atoms. The number of carbonyl (C=O) groups is 1. The van der Waals surface area contributed by atoms with Gasteiger partial charge in [0.2, 0.25) is 0 Å². The molecular weight excluding hydrogens is 336 g/mol. The van der Waals surface area contributed by atoms with E-state index in [-0.39, 0.29) is 17.9 Å². The molecule has 1 saturated heterocycles. The van der Waals surface area contributed by atoms with Crippen molar-refractivity contribution in [2.45, 2.75) is 19.4 Å². The van der Waals surface area contributed by atoms with Crippen LogP contribution >= 0.6 is 0 Å². The van der Waals surface area contributed by atoms with Crippen molar-refractivity contribution in [2.75, 3.05) is 13.2 Å². The molecule has 4 rings (SSSR count). The fourth-order valence-corrected chi connectivity index (χ4v) is 3.03. The summed E-state index contributed by atoms with van der Waals surface area (Å²) >= 11 is 0. The van der Waals surface area contributed by atoms with Crippen LogP contribution in [0.4, 0.5) is 0 Å². The molecule has 2 atom stereocenters. The summed E-state index contributed by atoms with van der Waals surface area (Å²) in [7, 11) is 0. The molecule has 0 saturated carbocycles. The largest absolute Gasteiger partial charge is 0.379 e. The lowest BCUT2D eigenvalue weighted by Gasteiger charge is -2.18. The van der Waals surface area contributed by atoms with Gasteiger partial charge in [0.1, 0.15) is 12.1 Å². The van der Waals surface area contributed by atoms with Crippen molar-refractivity contribution >= 4 is 5.91 Å². The maximum absolute atomic E-state index is 12.6. The Kier molecular flexibility index (Phi) is 4.44. The van der Waals surface area contributed by atoms with E-state index in [1.165, 1.54) is 11.0 Å². The van der Waals surface area contributed by atoms with Gasteiger partial charge in [-0.3, -0.25) is 4.79 Å². The molecule has 0 radical (unpaired) electrons. The second-order valence-electron chi connectivity index (χ2n) is 6.32. The lowest BCUT2D eigenvalue weighted by molar-refractivity contribution is 0.0924. The number of aryl methyl sites for hydroxylation is 1. The van der Waals surface area contributed by atoms with E-state index in [0.29, 0.717) is 25.2 Å². The Balaban J connectivity index is 1.40. The molecule has 0 aliphatic carbocycles. The summed E-state index contributed by atoms with van der Waals surface area (Å²) in [6.45, 7) is 2.96. The summed E-state index contributed by atoms with van der Waals surface area (Å²) in [5.41, 5.74) is 2.21. The number of hydrogen-bond donors (Lipinski definition) is 1. The zero-order valence-electron chi connectivity index (χ0n) is 14.2. The first-order valence-electron chi connectivity index (χ1n) is 8.33. The second-order valence-corrected chi connectivity index (χ2v) is 6.32. The monoisotopic (exact) mass is 354 g/mol. The van der Waals surface area contributed by atoms with E-state index < -0.39 is 0 Å². The lowest BCUT2D eigenvalue weighted by atomic mass is 9.98. The number of nitrogens with zero attached hydrogens (tertiary/aromatic N) is 5. The van der Waals surface area contributed by atoms with Gasteiger partial charge in [-0.05, 0) is 41.6 Å². The van der Waals surface area contributed by atoms with Crippen LogP contribution in [0.25, 0.3) is 5.69 Å². The number of benzene rings is 1. The number of nitrogens with one attached hydrogen (secondary N) is 1. The van der Waals surface area contributed by atoms with Crippen LogP contribution in [-0.4, -0.2) is 50.5 Å². The Morgan fingerprint density at radius 2 is 2.15 bits per heavy atom. The van der Waals surface area contributed by atoms with Gasteiger partial charge < -0.3 is 14.6 Å². The van der Waals surface area contributed by atoms with E-state index in [2.05, 4.69) is 26.0 Å². The molecule has 3 aromatic rings. The Labute approximate surface area is 149 Å². The molecule has 1 aromatic carbocycles. The van der Waals surface area contributed by atoms with Crippen molar-refractivity contribution in [3.63, 3.8) is 0 Å². The predicted octanol–water partition coefficient (Wildman–Crippen LogP) is 0.946. The van der Waals surface area contributed by atoms with Gasteiger partial charge in [-0.2, -0.15) is 0 Å². The highest BCUT2D eigenvalue weighted by atomic mass is 16.5. The second kappa shape index (κ2) is 7.04. The number of tetrazole rings is 1. The van der Waals surface area contributed by atoms with Crippen LogP contribution in [0.1, 0.15) is 21.8 Å². The van der Waals surface area contributed by atoms with Gasteiger partial charge >= 0.3 is 0 Å². The third kappa shape index (κ3) is 3.47.